The molecule has 3 aromatic heterocycles. The molecule has 0 fully saturated rings. The van der Waals surface area contributed by atoms with Crippen LogP contribution in [0.1, 0.15) is 12.6 Å². The molecule has 0 saturated carbocycles. The summed E-state index contributed by atoms with van der Waals surface area (Å²) < 4.78 is 44.1. The van der Waals surface area contributed by atoms with Gasteiger partial charge in [-0.2, -0.15) is 5.10 Å². The van der Waals surface area contributed by atoms with Crippen LogP contribution in [0, 0.1) is 11.6 Å². The third-order valence-electron chi connectivity index (χ3n) is 8.01. The zero-order valence-electron chi connectivity index (χ0n) is 25.6. The van der Waals surface area contributed by atoms with Crippen molar-refractivity contribution in [2.45, 2.75) is 13.0 Å². The number of halogens is 2. The predicted molar refractivity (Wildman–Crippen MR) is 178 cm³/mol. The van der Waals surface area contributed by atoms with E-state index in [0.29, 0.717) is 35.4 Å². The van der Waals surface area contributed by atoms with Crippen LogP contribution < -0.4 is 10.5 Å². The number of hydrogen-bond acceptors (Lipinski definition) is 8. The van der Waals surface area contributed by atoms with Crippen molar-refractivity contribution in [3.63, 3.8) is 0 Å². The lowest BCUT2D eigenvalue weighted by atomic mass is 9.94. The maximum atomic E-state index is 16.0. The van der Waals surface area contributed by atoms with Crippen molar-refractivity contribution in [1.29, 1.82) is 0 Å². The summed E-state index contributed by atoms with van der Waals surface area (Å²) in [5.74, 6) is -1.84. The number of amides is 1. The Morgan fingerprint density at radius 3 is 2.80 bits per heavy atom. The van der Waals surface area contributed by atoms with E-state index in [1.54, 1.807) is 21.9 Å². The normalized spacial score (nSPS) is 15.4. The van der Waals surface area contributed by atoms with Crippen molar-refractivity contribution < 1.29 is 23.0 Å². The van der Waals surface area contributed by atoms with Crippen LogP contribution in [-0.2, 0) is 16.6 Å². The van der Waals surface area contributed by atoms with Crippen LogP contribution in [0.5, 0.6) is 5.75 Å². The average molecular weight is 643 g/mol. The second-order valence-corrected chi connectivity index (χ2v) is 11.7. The highest BCUT2D eigenvalue weighted by Gasteiger charge is 2.28. The van der Waals surface area contributed by atoms with Gasteiger partial charge in [-0.15, -0.1) is 11.3 Å². The fourth-order valence-corrected chi connectivity index (χ4v) is 6.64. The molecule has 12 heteroatoms. The fraction of sp³-hybridized carbons (Fsp3) is 0.235. The largest absolute Gasteiger partial charge is 0.490 e. The fourth-order valence-electron chi connectivity index (χ4n) is 5.73. The smallest absolute Gasteiger partial charge is 0.246 e. The summed E-state index contributed by atoms with van der Waals surface area (Å²) in [6, 6.07) is 9.36. The Morgan fingerprint density at radius 2 is 2.02 bits per heavy atom. The Labute approximate surface area is 268 Å². The van der Waals surface area contributed by atoms with E-state index in [4.69, 9.17) is 20.2 Å². The standard InChI is InChI=1S/C34H32F2N6O3S/c1-5-29(43)42-10-9-38-26(19(42)2)17-25(37)33-30(31-24(36)15-22(35)16-28(31)45-12-11-44-4)23-8-13-46-34(23)32(40-33)20-6-7-27-21(14-20)18-39-41(27)3/h5-8,13-19H,1,9-12,37H2,2-4H3/b25-17-/t19-/m1/s1. The maximum absolute atomic E-state index is 16.0. The number of pyridine rings is 1. The molecular weight excluding hydrogens is 610 g/mol. The Morgan fingerprint density at radius 1 is 1.20 bits per heavy atom. The summed E-state index contributed by atoms with van der Waals surface area (Å²) in [5, 5.41) is 7.85. The van der Waals surface area contributed by atoms with E-state index in [1.807, 2.05) is 43.6 Å². The maximum Gasteiger partial charge on any atom is 0.246 e. The molecule has 0 spiro atoms. The van der Waals surface area contributed by atoms with Gasteiger partial charge in [-0.3, -0.25) is 14.5 Å². The monoisotopic (exact) mass is 642 g/mol. The molecule has 6 rings (SSSR count). The van der Waals surface area contributed by atoms with Gasteiger partial charge in [0.05, 0.1) is 64.0 Å². The van der Waals surface area contributed by atoms with E-state index in [1.165, 1.54) is 24.5 Å². The molecule has 0 radical (unpaired) electrons. The van der Waals surface area contributed by atoms with Crippen molar-refractivity contribution in [1.82, 2.24) is 19.7 Å². The number of carbonyl (C=O) groups excluding carboxylic acids is 1. The van der Waals surface area contributed by atoms with Crippen LogP contribution in [-0.4, -0.2) is 70.7 Å². The van der Waals surface area contributed by atoms with Gasteiger partial charge in [0.25, 0.3) is 0 Å². The summed E-state index contributed by atoms with van der Waals surface area (Å²) in [4.78, 5) is 23.9. The minimum absolute atomic E-state index is 0.00596. The number of rotatable bonds is 9. The summed E-state index contributed by atoms with van der Waals surface area (Å²) >= 11 is 1.45. The summed E-state index contributed by atoms with van der Waals surface area (Å²) in [5.41, 5.74) is 10.7. The lowest BCUT2D eigenvalue weighted by molar-refractivity contribution is -0.126. The van der Waals surface area contributed by atoms with E-state index in [9.17, 15) is 9.18 Å². The first-order chi connectivity index (χ1) is 22.2. The van der Waals surface area contributed by atoms with Gasteiger partial charge in [0.1, 0.15) is 24.0 Å². The summed E-state index contributed by atoms with van der Waals surface area (Å²) in [7, 11) is 3.39. The van der Waals surface area contributed by atoms with Gasteiger partial charge in [-0.1, -0.05) is 12.6 Å². The van der Waals surface area contributed by atoms with Crippen LogP contribution in [0.2, 0.25) is 0 Å². The Balaban J connectivity index is 1.61. The third kappa shape index (κ3) is 5.65. The van der Waals surface area contributed by atoms with Crippen LogP contribution in [0.15, 0.2) is 71.7 Å². The second kappa shape index (κ2) is 12.8. The number of thiophene rings is 1. The van der Waals surface area contributed by atoms with E-state index in [0.717, 1.165) is 33.3 Å². The third-order valence-corrected chi connectivity index (χ3v) is 8.93. The number of methoxy groups -OCH3 is 1. The summed E-state index contributed by atoms with van der Waals surface area (Å²) in [6.07, 6.45) is 4.72. The minimum Gasteiger partial charge on any atom is -0.490 e. The molecule has 1 aliphatic heterocycles. The number of hydrogen-bond donors (Lipinski definition) is 1. The van der Waals surface area contributed by atoms with E-state index in [-0.39, 0.29) is 41.8 Å². The van der Waals surface area contributed by atoms with Crippen LogP contribution in [0.25, 0.3) is 49.1 Å². The van der Waals surface area contributed by atoms with Crippen LogP contribution in [0.3, 0.4) is 0 Å². The quantitative estimate of drug-likeness (QED) is 0.157. The van der Waals surface area contributed by atoms with Crippen molar-refractivity contribution in [3.8, 4) is 28.1 Å². The molecule has 0 unspecified atom stereocenters. The SMILES string of the molecule is C=CC(=O)N1CCN=C(/C=C(\N)c2nc(-c3ccc4c(cnn4C)c3)c3sccc3c2-c2c(F)cc(F)cc2OCCOC)[C@H]1C. The van der Waals surface area contributed by atoms with E-state index >= 15 is 4.39 Å². The first-order valence-electron chi connectivity index (χ1n) is 14.6. The molecule has 2 N–H and O–H groups in total. The first-order valence-corrected chi connectivity index (χ1v) is 15.5. The van der Waals surface area contributed by atoms with Gasteiger partial charge in [0.15, 0.2) is 0 Å². The van der Waals surface area contributed by atoms with Crippen molar-refractivity contribution in [2.24, 2.45) is 17.8 Å². The van der Waals surface area contributed by atoms with E-state index < -0.39 is 17.7 Å². The molecule has 1 aliphatic rings. The highest BCUT2D eigenvalue weighted by Crippen LogP contribution is 2.45. The highest BCUT2D eigenvalue weighted by atomic mass is 32.1. The molecule has 5 aromatic rings. The number of carbonyl (C=O) groups is 1. The van der Waals surface area contributed by atoms with Gasteiger partial charge < -0.3 is 20.1 Å². The molecular formula is C34H32F2N6O3S. The average Bonchev–Trinajstić information content (AvgIpc) is 3.68. The van der Waals surface area contributed by atoms with Crippen LogP contribution >= 0.6 is 11.3 Å². The molecule has 0 saturated heterocycles. The van der Waals surface area contributed by atoms with Gasteiger partial charge in [-0.25, -0.2) is 13.8 Å². The van der Waals surface area contributed by atoms with Crippen LogP contribution in [0.4, 0.5) is 8.78 Å². The van der Waals surface area contributed by atoms with Crippen molar-refractivity contribution in [3.05, 3.63) is 84.0 Å². The molecule has 4 heterocycles. The molecule has 46 heavy (non-hydrogen) atoms. The predicted octanol–water partition coefficient (Wildman–Crippen LogP) is 5.98. The number of nitrogens with zero attached hydrogens (tertiary/aromatic N) is 5. The number of aliphatic imine (C=N–C) groups is 1. The topological polar surface area (TPSA) is 108 Å². The minimum atomic E-state index is -0.827. The lowest BCUT2D eigenvalue weighted by Crippen LogP contribution is -2.46. The number of fused-ring (bicyclic) bond motifs is 2. The van der Waals surface area contributed by atoms with Gasteiger partial charge in [-0.05, 0) is 42.7 Å². The molecule has 1 amide bonds. The number of aromatic nitrogens is 3. The molecule has 2 aromatic carbocycles. The molecule has 9 nitrogen and oxygen atoms in total. The van der Waals surface area contributed by atoms with Gasteiger partial charge >= 0.3 is 0 Å². The molecule has 0 bridgehead atoms. The second-order valence-electron chi connectivity index (χ2n) is 10.8. The molecule has 1 atom stereocenters. The summed E-state index contributed by atoms with van der Waals surface area (Å²) in [6.45, 7) is 6.58. The molecule has 236 valence electrons. The zero-order valence-corrected chi connectivity index (χ0v) is 26.4. The van der Waals surface area contributed by atoms with Crippen molar-refractivity contribution >= 4 is 49.6 Å². The zero-order chi connectivity index (χ0) is 32.5. The highest BCUT2D eigenvalue weighted by molar-refractivity contribution is 7.17. The van der Waals surface area contributed by atoms with E-state index in [2.05, 4.69) is 16.7 Å². The number of ether oxygens (including phenoxy) is 2. The molecule has 0 aliphatic carbocycles. The Bertz CT molecular complexity index is 2050. The van der Waals surface area contributed by atoms with Crippen molar-refractivity contribution in [2.75, 3.05) is 33.4 Å². The first kappa shape index (κ1) is 31.1. The lowest BCUT2D eigenvalue weighted by Gasteiger charge is -2.31. The van der Waals surface area contributed by atoms with Gasteiger partial charge in [0, 0.05) is 54.7 Å². The number of nitrogens with two attached hydrogens (primary N) is 1. The Hall–Kier alpha value is -4.94. The number of benzene rings is 2. The van der Waals surface area contributed by atoms with Gasteiger partial charge in [0.2, 0.25) is 5.91 Å². The Kier molecular flexibility index (Phi) is 8.65. The number of aryl methyl sites for hydroxylation is 1.